The van der Waals surface area contributed by atoms with Crippen LogP contribution in [0.15, 0.2) is 54.1 Å². The topological polar surface area (TPSA) is 0 Å². The van der Waals surface area contributed by atoms with Crippen molar-refractivity contribution >= 4 is 44.5 Å². The van der Waals surface area contributed by atoms with Gasteiger partial charge in [-0.3, -0.25) is 0 Å². The zero-order valence-electron chi connectivity index (χ0n) is 10.7. The summed E-state index contributed by atoms with van der Waals surface area (Å²) in [6.45, 7) is 2.20. The predicted molar refractivity (Wildman–Crippen MR) is 97.3 cm³/mol. The Balaban J connectivity index is 0.000000408. The summed E-state index contributed by atoms with van der Waals surface area (Å²) in [5.74, 6) is 0. The van der Waals surface area contributed by atoms with E-state index in [-0.39, 0.29) is 0 Å². The van der Waals surface area contributed by atoms with Gasteiger partial charge in [-0.2, -0.15) is 0 Å². The number of fused-ring (bicyclic) bond motifs is 1. The van der Waals surface area contributed by atoms with Crippen molar-refractivity contribution in [3.05, 3.63) is 65.2 Å². The predicted octanol–water partition coefficient (Wildman–Crippen LogP) is 6.08. The van der Waals surface area contributed by atoms with Gasteiger partial charge in [-0.25, -0.2) is 0 Å². The summed E-state index contributed by atoms with van der Waals surface area (Å²) in [5, 5.41) is 0. The Morgan fingerprint density at radius 3 is 2.32 bits per heavy atom. The molecule has 0 saturated heterocycles. The molecular weight excluding hydrogens is 494 g/mol. The molecule has 1 aliphatic rings. The van der Waals surface area contributed by atoms with E-state index in [1.165, 1.54) is 27.8 Å². The Morgan fingerprint density at radius 1 is 0.947 bits per heavy atom. The van der Waals surface area contributed by atoms with Crippen molar-refractivity contribution in [2.75, 3.05) is 0 Å². The maximum atomic E-state index is 2.40. The van der Waals surface area contributed by atoms with Gasteiger partial charge < -0.3 is 0 Å². The van der Waals surface area contributed by atoms with Gasteiger partial charge in [0, 0.05) is 0 Å². The van der Waals surface area contributed by atoms with E-state index in [1.807, 2.05) is 0 Å². The molecule has 0 saturated carbocycles. The quantitative estimate of drug-likeness (QED) is 0.324. The zero-order chi connectivity index (χ0) is 13.7. The fraction of sp³-hybridized carbons (Fsp3) is 0.125. The van der Waals surface area contributed by atoms with E-state index in [1.54, 1.807) is 0 Å². The summed E-state index contributed by atoms with van der Waals surface area (Å²) >= 11 is 5.24. The first-order valence-corrected chi connectivity index (χ1v) is 16.1. The molecule has 19 heavy (non-hydrogen) atoms. The molecule has 0 bridgehead atoms. The Kier molecular flexibility index (Phi) is 6.59. The van der Waals surface area contributed by atoms with Crippen molar-refractivity contribution in [2.45, 2.75) is 13.3 Å². The summed E-state index contributed by atoms with van der Waals surface area (Å²) in [4.78, 5) is 0. The third-order valence-electron chi connectivity index (χ3n) is 3.14. The van der Waals surface area contributed by atoms with Gasteiger partial charge in [0.05, 0.1) is 0 Å². The van der Waals surface area contributed by atoms with Crippen molar-refractivity contribution in [3.8, 4) is 11.1 Å². The first-order valence-electron chi connectivity index (χ1n) is 6.07. The van der Waals surface area contributed by atoms with Gasteiger partial charge in [0.1, 0.15) is 0 Å². The van der Waals surface area contributed by atoms with Gasteiger partial charge >= 0.3 is 50.0 Å². The number of rotatable bonds is 1. The third kappa shape index (κ3) is 4.16. The summed E-state index contributed by atoms with van der Waals surface area (Å²) in [5.41, 5.74) is 6.99. The second-order valence-electron chi connectivity index (χ2n) is 4.48. The summed E-state index contributed by atoms with van der Waals surface area (Å²) in [6.07, 6.45) is 3.42. The van der Waals surface area contributed by atoms with Crippen molar-refractivity contribution < 1.29 is 11.7 Å². The fourth-order valence-electron chi connectivity index (χ4n) is 2.40. The first kappa shape index (κ1) is 15.7. The molecule has 3 rings (SSSR count). The Hall–Kier alpha value is 0.354. The molecule has 0 heterocycles. The normalized spacial score (nSPS) is 12.1. The maximum absolute atomic E-state index is 2.40. The van der Waals surface area contributed by atoms with Crippen LogP contribution in [0.1, 0.15) is 18.1 Å². The van der Waals surface area contributed by atoms with Crippen LogP contribution < -0.4 is 0 Å². The minimum absolute atomic E-state index is 0.440. The molecule has 0 nitrogen and oxygen atoms in total. The molecule has 0 aliphatic heterocycles. The van der Waals surface area contributed by atoms with Crippen LogP contribution in [0.4, 0.5) is 0 Å². The van der Waals surface area contributed by atoms with Gasteiger partial charge in [0.25, 0.3) is 0 Å². The van der Waals surface area contributed by atoms with Crippen LogP contribution in [-0.4, -0.2) is 0 Å². The molecule has 3 heteroatoms. The number of hydrogen-bond acceptors (Lipinski definition) is 0. The fourth-order valence-corrected chi connectivity index (χ4v) is 2.40. The Labute approximate surface area is 144 Å². The average Bonchev–Trinajstić information content (AvgIpc) is 2.80. The van der Waals surface area contributed by atoms with Crippen LogP contribution in [0.3, 0.4) is 0 Å². The van der Waals surface area contributed by atoms with Crippen molar-refractivity contribution in [3.63, 3.8) is 0 Å². The first-order chi connectivity index (χ1) is 9.26. The molecule has 2 aromatic carbocycles. The van der Waals surface area contributed by atoms with E-state index in [9.17, 15) is 0 Å². The summed E-state index contributed by atoms with van der Waals surface area (Å²) in [7, 11) is 0. The van der Waals surface area contributed by atoms with E-state index in [4.69, 9.17) is 0 Å². The molecule has 0 atom stereocenters. The third-order valence-corrected chi connectivity index (χ3v) is 3.14. The van der Waals surface area contributed by atoms with Gasteiger partial charge in [0.15, 0.2) is 0 Å². The van der Waals surface area contributed by atoms with Gasteiger partial charge in [-0.1, -0.05) is 60.2 Å². The van der Waals surface area contributed by atoms with E-state index in [2.05, 4.69) is 99.9 Å². The van der Waals surface area contributed by atoms with E-state index in [0.717, 1.165) is 6.42 Å². The van der Waals surface area contributed by atoms with Crippen LogP contribution in [0.5, 0.6) is 0 Å². The van der Waals surface area contributed by atoms with Crippen LogP contribution in [0, 0.1) is 0 Å². The molecule has 0 aromatic heterocycles. The van der Waals surface area contributed by atoms with Gasteiger partial charge in [-0.15, -0.1) is 0 Å². The number of allylic oxidation sites excluding steroid dienone is 1. The van der Waals surface area contributed by atoms with Crippen LogP contribution >= 0.6 is 38.4 Å². The molecule has 0 fully saturated rings. The van der Waals surface area contributed by atoms with Crippen molar-refractivity contribution in [1.82, 2.24) is 0 Å². The van der Waals surface area contributed by atoms with Crippen LogP contribution in [0.2, 0.25) is 0 Å². The van der Waals surface area contributed by atoms with Crippen molar-refractivity contribution in [2.24, 2.45) is 0 Å². The van der Waals surface area contributed by atoms with Gasteiger partial charge in [-0.05, 0) is 35.6 Å². The van der Waals surface area contributed by atoms with E-state index in [0.29, 0.717) is 11.7 Å². The molecular formula is C16H14I2Ti. The van der Waals surface area contributed by atoms with E-state index >= 15 is 0 Å². The second kappa shape index (κ2) is 7.96. The molecule has 0 unspecified atom stereocenters. The van der Waals surface area contributed by atoms with Crippen molar-refractivity contribution in [1.29, 1.82) is 0 Å². The summed E-state index contributed by atoms with van der Waals surface area (Å²) < 4.78 is 0. The monoisotopic (exact) mass is 508 g/mol. The molecule has 0 spiro atoms. The molecule has 2 aromatic rings. The SMILES string of the molecule is CC1=Cc2c(cccc2-c2ccccc2)C1.[I][Ti][I]. The Bertz CT molecular complexity index is 577. The number of benzene rings is 2. The zero-order valence-corrected chi connectivity index (χ0v) is 16.5. The minimum atomic E-state index is 0.440. The van der Waals surface area contributed by atoms with Crippen LogP contribution in [-0.2, 0) is 18.1 Å². The molecule has 0 radical (unpaired) electrons. The number of hydrogen-bond donors (Lipinski definition) is 0. The standard InChI is InChI=1S/C16H14.2HI.Ti/c1-12-10-14-8-5-9-15(16(14)11-12)13-6-3-2-4-7-13;;;/h2-9,11H,10H2,1H3;2*1H;/q;;;+2/p-2. The average molecular weight is 508 g/mol. The molecule has 1 aliphatic carbocycles. The molecule has 0 amide bonds. The second-order valence-corrected chi connectivity index (χ2v) is 17.7. The van der Waals surface area contributed by atoms with E-state index < -0.39 is 0 Å². The number of halogens is 2. The molecule has 0 N–H and O–H groups in total. The Morgan fingerprint density at radius 2 is 1.63 bits per heavy atom. The summed E-state index contributed by atoms with van der Waals surface area (Å²) in [6, 6.07) is 17.2. The van der Waals surface area contributed by atoms with Gasteiger partial charge in [0.2, 0.25) is 0 Å². The van der Waals surface area contributed by atoms with Crippen LogP contribution in [0.25, 0.3) is 17.2 Å². The molecule has 96 valence electrons.